The van der Waals surface area contributed by atoms with Crippen LogP contribution >= 0.6 is 0 Å². The first-order valence-electron chi connectivity index (χ1n) is 6.23. The summed E-state index contributed by atoms with van der Waals surface area (Å²) < 4.78 is 5.41. The molecule has 4 atom stereocenters. The van der Waals surface area contributed by atoms with Gasteiger partial charge in [-0.3, -0.25) is 4.79 Å². The van der Waals surface area contributed by atoms with Crippen molar-refractivity contribution in [2.24, 2.45) is 0 Å². The van der Waals surface area contributed by atoms with Crippen molar-refractivity contribution in [3.63, 3.8) is 0 Å². The number of nitrogens with zero attached hydrogens (tertiary/aromatic N) is 2. The number of aliphatic hydroxyl groups excluding tert-OH is 3. The van der Waals surface area contributed by atoms with Crippen LogP contribution in [0.4, 0.5) is 11.5 Å². The van der Waals surface area contributed by atoms with Crippen LogP contribution in [0.1, 0.15) is 6.92 Å². The zero-order chi connectivity index (χ0) is 14.9. The maximum absolute atomic E-state index is 11.5. The van der Waals surface area contributed by atoms with Crippen molar-refractivity contribution in [2.45, 2.75) is 31.5 Å². The van der Waals surface area contributed by atoms with Gasteiger partial charge in [-0.2, -0.15) is 0 Å². The lowest BCUT2D eigenvalue weighted by atomic mass is 10.1. The molecule has 0 radical (unpaired) electrons. The Morgan fingerprint density at radius 3 is 2.75 bits per heavy atom. The summed E-state index contributed by atoms with van der Waals surface area (Å²) in [5, 5.41) is 28.8. The highest BCUT2D eigenvalue weighted by Gasteiger charge is 2.45. The lowest BCUT2D eigenvalue weighted by Gasteiger charge is -2.30. The Morgan fingerprint density at radius 1 is 1.50 bits per heavy atom. The number of likely N-dealkylation sites (N-methyl/N-ethyl adjacent to an activating group) is 1. The third-order valence-electron chi connectivity index (χ3n) is 3.31. The second-order valence-corrected chi connectivity index (χ2v) is 4.48. The number of aliphatic hydroxyl groups is 3. The molecule has 6 N–H and O–H groups in total. The summed E-state index contributed by atoms with van der Waals surface area (Å²) in [7, 11) is 0. The van der Waals surface area contributed by atoms with Gasteiger partial charge in [0.15, 0.2) is 12.0 Å². The smallest absolute Gasteiger partial charge is 0.276 e. The standard InChI is InChI=1S/C11H18N4O5/c1-2-15(9-6(12)10(19)14-4-13-9)11-8(18)7(17)5(3-16)20-11/h4-5,7-8,11,16-18H,2-3,12H2,1H3,(H,13,14,19)/t5-,7?,8?,11-/m1/s1. The van der Waals surface area contributed by atoms with E-state index >= 15 is 0 Å². The van der Waals surface area contributed by atoms with Crippen LogP contribution in [0.2, 0.25) is 0 Å². The van der Waals surface area contributed by atoms with Gasteiger partial charge in [-0.25, -0.2) is 4.98 Å². The van der Waals surface area contributed by atoms with Crippen molar-refractivity contribution in [3.05, 3.63) is 16.7 Å². The molecule has 1 aromatic rings. The number of anilines is 2. The Bertz CT molecular complexity index is 522. The normalized spacial score (nSPS) is 29.6. The summed E-state index contributed by atoms with van der Waals surface area (Å²) in [6, 6.07) is 0. The highest BCUT2D eigenvalue weighted by molar-refractivity contribution is 5.61. The van der Waals surface area contributed by atoms with Gasteiger partial charge in [0.05, 0.1) is 12.9 Å². The molecule has 0 aliphatic carbocycles. The van der Waals surface area contributed by atoms with Crippen LogP contribution in [0, 0.1) is 0 Å². The quantitative estimate of drug-likeness (QED) is 0.412. The molecule has 9 nitrogen and oxygen atoms in total. The predicted octanol–water partition coefficient (Wildman–Crippen LogP) is -2.38. The fourth-order valence-electron chi connectivity index (χ4n) is 2.22. The second-order valence-electron chi connectivity index (χ2n) is 4.48. The fraction of sp³-hybridized carbons (Fsp3) is 0.636. The van der Waals surface area contributed by atoms with Crippen LogP contribution in [0.5, 0.6) is 0 Å². The molecule has 1 aliphatic heterocycles. The van der Waals surface area contributed by atoms with Crippen LogP contribution in [-0.2, 0) is 4.74 Å². The maximum atomic E-state index is 11.5. The van der Waals surface area contributed by atoms with Gasteiger partial charge in [-0.1, -0.05) is 0 Å². The Morgan fingerprint density at radius 2 is 2.20 bits per heavy atom. The summed E-state index contributed by atoms with van der Waals surface area (Å²) in [5.41, 5.74) is 5.07. The maximum Gasteiger partial charge on any atom is 0.276 e. The molecule has 0 saturated carbocycles. The molecular weight excluding hydrogens is 268 g/mol. The number of nitrogens with one attached hydrogen (secondary N) is 1. The Balaban J connectivity index is 2.34. The van der Waals surface area contributed by atoms with Gasteiger partial charge in [-0.15, -0.1) is 0 Å². The number of nitrogen functional groups attached to an aromatic ring is 1. The number of ether oxygens (including phenoxy) is 1. The van der Waals surface area contributed by atoms with Crippen LogP contribution in [0.3, 0.4) is 0 Å². The SMILES string of the molecule is CCN(c1nc[nH]c(=O)c1N)[C@@H]1O[C@H](CO)C(O)C1O. The van der Waals surface area contributed by atoms with Crippen LogP contribution in [-0.4, -0.2) is 63.0 Å². The molecule has 2 unspecified atom stereocenters. The van der Waals surface area contributed by atoms with E-state index in [2.05, 4.69) is 9.97 Å². The number of aromatic amines is 1. The minimum Gasteiger partial charge on any atom is -0.394 e. The Kier molecular flexibility index (Phi) is 4.23. The number of nitrogens with two attached hydrogens (primary N) is 1. The monoisotopic (exact) mass is 286 g/mol. The highest BCUT2D eigenvalue weighted by atomic mass is 16.6. The van der Waals surface area contributed by atoms with E-state index in [1.807, 2.05) is 0 Å². The van der Waals surface area contributed by atoms with Crippen molar-refractivity contribution in [2.75, 3.05) is 23.8 Å². The van der Waals surface area contributed by atoms with Crippen molar-refractivity contribution >= 4 is 11.5 Å². The Labute approximate surface area is 114 Å². The molecule has 20 heavy (non-hydrogen) atoms. The van der Waals surface area contributed by atoms with Gasteiger partial charge in [0, 0.05) is 6.54 Å². The average molecular weight is 286 g/mol. The molecule has 2 heterocycles. The molecule has 0 bridgehead atoms. The van der Waals surface area contributed by atoms with E-state index in [0.717, 1.165) is 0 Å². The van der Waals surface area contributed by atoms with Gasteiger partial charge >= 0.3 is 0 Å². The molecule has 0 spiro atoms. The van der Waals surface area contributed by atoms with Crippen LogP contribution < -0.4 is 16.2 Å². The zero-order valence-corrected chi connectivity index (χ0v) is 10.9. The number of aromatic nitrogens is 2. The molecule has 112 valence electrons. The summed E-state index contributed by atoms with van der Waals surface area (Å²) in [5.74, 6) is 0.158. The third-order valence-corrected chi connectivity index (χ3v) is 3.31. The summed E-state index contributed by atoms with van der Waals surface area (Å²) in [6.45, 7) is 1.68. The van der Waals surface area contributed by atoms with E-state index in [1.165, 1.54) is 11.2 Å². The van der Waals surface area contributed by atoms with E-state index < -0.39 is 36.7 Å². The van der Waals surface area contributed by atoms with E-state index in [4.69, 9.17) is 15.6 Å². The average Bonchev–Trinajstić information content (AvgIpc) is 2.72. The Hall–Kier alpha value is -1.68. The lowest BCUT2D eigenvalue weighted by molar-refractivity contribution is -0.0224. The molecule has 1 aromatic heterocycles. The van der Waals surface area contributed by atoms with Gasteiger partial charge in [0.2, 0.25) is 0 Å². The zero-order valence-electron chi connectivity index (χ0n) is 10.9. The topological polar surface area (TPSA) is 145 Å². The fourth-order valence-corrected chi connectivity index (χ4v) is 2.22. The van der Waals surface area contributed by atoms with Gasteiger partial charge in [0.1, 0.15) is 24.0 Å². The largest absolute Gasteiger partial charge is 0.394 e. The van der Waals surface area contributed by atoms with Crippen LogP contribution in [0.25, 0.3) is 0 Å². The van der Waals surface area contributed by atoms with Crippen molar-refractivity contribution in [1.82, 2.24) is 9.97 Å². The van der Waals surface area contributed by atoms with Gasteiger partial charge in [0.25, 0.3) is 5.56 Å². The van der Waals surface area contributed by atoms with Crippen molar-refractivity contribution in [3.8, 4) is 0 Å². The molecule has 0 amide bonds. The predicted molar refractivity (Wildman–Crippen MR) is 70.1 cm³/mol. The molecule has 0 aromatic carbocycles. The van der Waals surface area contributed by atoms with E-state index in [9.17, 15) is 15.0 Å². The summed E-state index contributed by atoms with van der Waals surface area (Å²) in [6.07, 6.45) is -3.11. The number of H-pyrrole nitrogens is 1. The first kappa shape index (κ1) is 14.7. The van der Waals surface area contributed by atoms with E-state index in [0.29, 0.717) is 6.54 Å². The summed E-state index contributed by atoms with van der Waals surface area (Å²) >= 11 is 0. The molecule has 1 fully saturated rings. The number of hydrogen-bond donors (Lipinski definition) is 5. The van der Waals surface area contributed by atoms with E-state index in [1.54, 1.807) is 6.92 Å². The minimum atomic E-state index is -1.24. The van der Waals surface area contributed by atoms with Crippen LogP contribution in [0.15, 0.2) is 11.1 Å². The summed E-state index contributed by atoms with van der Waals surface area (Å²) in [4.78, 5) is 19.3. The molecule has 2 rings (SSSR count). The third kappa shape index (κ3) is 2.36. The number of hydrogen-bond acceptors (Lipinski definition) is 8. The van der Waals surface area contributed by atoms with Gasteiger partial charge in [-0.05, 0) is 6.92 Å². The van der Waals surface area contributed by atoms with E-state index in [-0.39, 0.29) is 11.5 Å². The number of rotatable bonds is 4. The van der Waals surface area contributed by atoms with Crippen molar-refractivity contribution < 1.29 is 20.1 Å². The first-order valence-corrected chi connectivity index (χ1v) is 6.23. The molecule has 1 aliphatic rings. The molecular formula is C11H18N4O5. The molecule has 1 saturated heterocycles. The lowest BCUT2D eigenvalue weighted by Crippen LogP contribution is -2.45. The first-order chi connectivity index (χ1) is 9.51. The highest BCUT2D eigenvalue weighted by Crippen LogP contribution is 2.28. The van der Waals surface area contributed by atoms with Gasteiger partial charge < -0.3 is 35.7 Å². The minimum absolute atomic E-state index is 0.105. The van der Waals surface area contributed by atoms with Crippen molar-refractivity contribution in [1.29, 1.82) is 0 Å². The second kappa shape index (κ2) is 5.75. The molecule has 9 heteroatoms.